The Balaban J connectivity index is 0.000000128. The lowest BCUT2D eigenvalue weighted by atomic mass is 9.88. The van der Waals surface area contributed by atoms with E-state index in [1.807, 2.05) is 24.3 Å². The van der Waals surface area contributed by atoms with Gasteiger partial charge in [-0.25, -0.2) is 19.9 Å². The van der Waals surface area contributed by atoms with Crippen LogP contribution in [0.2, 0.25) is 0 Å². The molecular weight excluding hydrogens is 873 g/mol. The summed E-state index contributed by atoms with van der Waals surface area (Å²) in [6.07, 6.45) is 0. The van der Waals surface area contributed by atoms with Gasteiger partial charge in [-0.1, -0.05) is 194 Å². The monoisotopic (exact) mass is 912 g/mol. The summed E-state index contributed by atoms with van der Waals surface area (Å²) in [6.45, 7) is 0. The fourth-order valence-electron chi connectivity index (χ4n) is 11.4. The average molecular weight is 913 g/mol. The van der Waals surface area contributed by atoms with E-state index in [4.69, 9.17) is 19.9 Å². The highest BCUT2D eigenvalue weighted by Crippen LogP contribution is 2.44. The van der Waals surface area contributed by atoms with E-state index in [2.05, 4.69) is 218 Å². The first-order valence-electron chi connectivity index (χ1n) is 24.5. The number of hydrogen-bond donors (Lipinski definition) is 0. The van der Waals surface area contributed by atoms with Crippen LogP contribution in [-0.2, 0) is 0 Å². The largest absolute Gasteiger partial charge is 0.248 e. The van der Waals surface area contributed by atoms with E-state index < -0.39 is 0 Å². The summed E-state index contributed by atoms with van der Waals surface area (Å²) in [4.78, 5) is 20.0. The number of hydrogen-bond acceptors (Lipinski definition) is 4. The summed E-state index contributed by atoms with van der Waals surface area (Å²) >= 11 is 0. The van der Waals surface area contributed by atoms with Crippen LogP contribution in [0.25, 0.3) is 153 Å². The van der Waals surface area contributed by atoms with Crippen LogP contribution >= 0.6 is 0 Å². The summed E-state index contributed by atoms with van der Waals surface area (Å²) in [6, 6.07) is 86.2. The first-order chi connectivity index (χ1) is 35.7. The Morgan fingerprint density at radius 2 is 0.375 bits per heavy atom. The number of fused-ring (bicyclic) bond motifs is 4. The molecule has 0 saturated heterocycles. The molecule has 4 heteroatoms. The van der Waals surface area contributed by atoms with Crippen LogP contribution in [-0.4, -0.2) is 19.9 Å². The van der Waals surface area contributed by atoms with Gasteiger partial charge in [-0.3, -0.25) is 0 Å². The minimum Gasteiger partial charge on any atom is -0.248 e. The van der Waals surface area contributed by atoms with Crippen LogP contribution in [0.1, 0.15) is 0 Å². The number of aromatic nitrogens is 4. The summed E-state index contributed by atoms with van der Waals surface area (Å²) in [5.74, 6) is 0. The molecule has 0 fully saturated rings. The fraction of sp³-hybridized carbons (Fsp3) is 0. The smallest absolute Gasteiger partial charge is 0.0715 e. The highest BCUT2D eigenvalue weighted by Gasteiger charge is 2.18. The minimum atomic E-state index is 1.00. The molecule has 0 aliphatic carbocycles. The average Bonchev–Trinajstić information content (AvgIpc) is 3.45. The van der Waals surface area contributed by atoms with Gasteiger partial charge in [0.1, 0.15) is 0 Å². The molecule has 332 valence electrons. The maximum Gasteiger partial charge on any atom is 0.0715 e. The third kappa shape index (κ3) is 6.40. The van der Waals surface area contributed by atoms with Crippen LogP contribution in [0.15, 0.2) is 243 Å². The Bertz CT molecular complexity index is 4210. The third-order valence-electron chi connectivity index (χ3n) is 14.8. The van der Waals surface area contributed by atoms with Crippen LogP contribution in [0, 0.1) is 0 Å². The molecule has 0 N–H and O–H groups in total. The number of para-hydroxylation sites is 4. The maximum absolute atomic E-state index is 5.01. The Kier molecular flexibility index (Phi) is 8.92. The van der Waals surface area contributed by atoms with Gasteiger partial charge in [0, 0.05) is 43.8 Å². The maximum atomic E-state index is 5.01. The highest BCUT2D eigenvalue weighted by molar-refractivity contribution is 6.29. The van der Waals surface area contributed by atoms with Crippen molar-refractivity contribution in [3.8, 4) is 45.0 Å². The normalized spacial score (nSPS) is 11.9. The minimum absolute atomic E-state index is 1.00. The SMILES string of the molecule is c1ccc2nc(-c3ccc4ccc5c(-c6ccc7ccccc7n6)ccc6ccc3c4c65)ccc2c1.c1ccc2nc(-c3ccc4ccc5c(-c6ccc7ccccc7n6)ccc6ccc3c4c65)ccc2c1. The Morgan fingerprint density at radius 1 is 0.167 bits per heavy atom. The standard InChI is InChI=1S/2C34H20N2/c2*1-3-7-29-21(5-1)13-19-31(35-29)25-15-9-23-12-18-28-26(16-10-24-11-17-27(25)33(23)34(24)28)32-20-14-22-6-2-4-8-30(22)36-32/h2*1-20H. The number of benzene rings is 12. The topological polar surface area (TPSA) is 51.6 Å². The van der Waals surface area contributed by atoms with Crippen molar-refractivity contribution in [2.24, 2.45) is 0 Å². The van der Waals surface area contributed by atoms with Crippen LogP contribution < -0.4 is 0 Å². The van der Waals surface area contributed by atoms with Gasteiger partial charge in [-0.2, -0.15) is 0 Å². The van der Waals surface area contributed by atoms with E-state index in [0.29, 0.717) is 0 Å². The van der Waals surface area contributed by atoms with E-state index >= 15 is 0 Å². The molecule has 0 aliphatic rings. The van der Waals surface area contributed by atoms with Gasteiger partial charge in [0.15, 0.2) is 0 Å². The van der Waals surface area contributed by atoms with Gasteiger partial charge in [0.25, 0.3) is 0 Å². The second-order valence-electron chi connectivity index (χ2n) is 18.9. The van der Waals surface area contributed by atoms with Crippen LogP contribution in [0.4, 0.5) is 0 Å². The summed E-state index contributed by atoms with van der Waals surface area (Å²) in [5.41, 5.74) is 12.7. The lowest BCUT2D eigenvalue weighted by Gasteiger charge is -2.16. The zero-order chi connectivity index (χ0) is 47.3. The molecule has 0 spiro atoms. The molecule has 16 aromatic rings. The lowest BCUT2D eigenvalue weighted by molar-refractivity contribution is 1.41. The molecule has 16 rings (SSSR count). The summed E-state index contributed by atoms with van der Waals surface area (Å²) < 4.78 is 0. The number of nitrogens with zero attached hydrogens (tertiary/aromatic N) is 4. The molecule has 4 aromatic heterocycles. The first-order valence-corrected chi connectivity index (χ1v) is 24.5. The second-order valence-corrected chi connectivity index (χ2v) is 18.9. The number of pyridine rings is 4. The van der Waals surface area contributed by atoms with Crippen molar-refractivity contribution in [2.75, 3.05) is 0 Å². The van der Waals surface area contributed by atoms with Gasteiger partial charge < -0.3 is 0 Å². The summed E-state index contributed by atoms with van der Waals surface area (Å²) in [5, 5.41) is 19.7. The van der Waals surface area contributed by atoms with Crippen molar-refractivity contribution in [1.82, 2.24) is 19.9 Å². The van der Waals surface area contributed by atoms with Crippen molar-refractivity contribution >= 4 is 108 Å². The van der Waals surface area contributed by atoms with Crippen molar-refractivity contribution in [3.63, 3.8) is 0 Å². The van der Waals surface area contributed by atoms with E-state index in [0.717, 1.165) is 88.6 Å². The van der Waals surface area contributed by atoms with Crippen LogP contribution in [0.3, 0.4) is 0 Å². The van der Waals surface area contributed by atoms with Gasteiger partial charge >= 0.3 is 0 Å². The molecule has 0 saturated carbocycles. The van der Waals surface area contributed by atoms with Gasteiger partial charge in [-0.15, -0.1) is 0 Å². The molecule has 72 heavy (non-hydrogen) atoms. The predicted molar refractivity (Wildman–Crippen MR) is 303 cm³/mol. The van der Waals surface area contributed by atoms with E-state index in [-0.39, 0.29) is 0 Å². The quantitative estimate of drug-likeness (QED) is 0.165. The highest BCUT2D eigenvalue weighted by atomic mass is 14.7. The molecule has 0 unspecified atom stereocenters. The zero-order valence-corrected chi connectivity index (χ0v) is 38.9. The second kappa shape index (κ2) is 16.0. The fourth-order valence-corrected chi connectivity index (χ4v) is 11.4. The van der Waals surface area contributed by atoms with Crippen molar-refractivity contribution in [1.29, 1.82) is 0 Å². The molecule has 0 aliphatic heterocycles. The molecule has 4 nitrogen and oxygen atoms in total. The Labute approximate surface area is 413 Å². The van der Waals surface area contributed by atoms with E-state index in [9.17, 15) is 0 Å². The molecular formula is C68H40N4. The molecule has 0 radical (unpaired) electrons. The van der Waals surface area contributed by atoms with Gasteiger partial charge in [0.05, 0.1) is 44.8 Å². The van der Waals surface area contributed by atoms with Crippen LogP contribution in [0.5, 0.6) is 0 Å². The zero-order valence-electron chi connectivity index (χ0n) is 38.9. The van der Waals surface area contributed by atoms with Crippen molar-refractivity contribution in [3.05, 3.63) is 243 Å². The van der Waals surface area contributed by atoms with E-state index in [1.54, 1.807) is 0 Å². The Morgan fingerprint density at radius 3 is 0.625 bits per heavy atom. The Hall–Kier alpha value is -9.64. The molecule has 4 heterocycles. The van der Waals surface area contributed by atoms with Crippen molar-refractivity contribution < 1.29 is 0 Å². The molecule has 0 amide bonds. The van der Waals surface area contributed by atoms with Gasteiger partial charge in [-0.05, 0) is 113 Å². The molecule has 12 aromatic carbocycles. The predicted octanol–water partition coefficient (Wildman–Crippen LogP) is 18.0. The van der Waals surface area contributed by atoms with E-state index in [1.165, 1.54) is 64.6 Å². The first kappa shape index (κ1) is 40.3. The van der Waals surface area contributed by atoms with Crippen molar-refractivity contribution in [2.45, 2.75) is 0 Å². The third-order valence-corrected chi connectivity index (χ3v) is 14.8. The number of rotatable bonds is 4. The van der Waals surface area contributed by atoms with Gasteiger partial charge in [0.2, 0.25) is 0 Å². The molecule has 0 bridgehead atoms. The molecule has 0 atom stereocenters. The lowest BCUT2D eigenvalue weighted by Crippen LogP contribution is -1.92. The summed E-state index contributed by atoms with van der Waals surface area (Å²) in [7, 11) is 0.